The third-order valence-corrected chi connectivity index (χ3v) is 6.63. The molecule has 6 rings (SSSR count). The highest BCUT2D eigenvalue weighted by Crippen LogP contribution is 2.40. The molecule has 5 heterocycles. The number of nitrogens with zero attached hydrogens (tertiary/aromatic N) is 6. The average molecular weight is 432 g/mol. The number of carbonyl (C=O) groups is 1. The van der Waals surface area contributed by atoms with E-state index in [0.717, 1.165) is 42.1 Å². The zero-order valence-electron chi connectivity index (χ0n) is 17.9. The monoisotopic (exact) mass is 431 g/mol. The van der Waals surface area contributed by atoms with Crippen molar-refractivity contribution in [3.8, 4) is 0 Å². The van der Waals surface area contributed by atoms with Crippen molar-refractivity contribution in [1.82, 2.24) is 35.0 Å². The summed E-state index contributed by atoms with van der Waals surface area (Å²) in [5.41, 5.74) is 2.16. The maximum absolute atomic E-state index is 13.3. The summed E-state index contributed by atoms with van der Waals surface area (Å²) in [6, 6.07) is 7.79. The summed E-state index contributed by atoms with van der Waals surface area (Å²) in [5, 5.41) is 22.5. The second kappa shape index (κ2) is 7.18. The maximum atomic E-state index is 13.3. The molecule has 0 bridgehead atoms. The van der Waals surface area contributed by atoms with Crippen molar-refractivity contribution in [2.24, 2.45) is 0 Å². The van der Waals surface area contributed by atoms with Gasteiger partial charge in [-0.1, -0.05) is 0 Å². The van der Waals surface area contributed by atoms with Crippen LogP contribution in [-0.2, 0) is 11.2 Å². The van der Waals surface area contributed by atoms with Gasteiger partial charge in [0.15, 0.2) is 17.4 Å². The van der Waals surface area contributed by atoms with Gasteiger partial charge in [-0.15, -0.1) is 5.10 Å². The van der Waals surface area contributed by atoms with Gasteiger partial charge < -0.3 is 10.2 Å². The van der Waals surface area contributed by atoms with E-state index in [-0.39, 0.29) is 5.78 Å². The summed E-state index contributed by atoms with van der Waals surface area (Å²) in [7, 11) is 0. The third-order valence-electron chi connectivity index (χ3n) is 6.63. The van der Waals surface area contributed by atoms with Gasteiger partial charge >= 0.3 is 0 Å². The quantitative estimate of drug-likeness (QED) is 0.411. The smallest absolute Gasteiger partial charge is 0.246 e. The van der Waals surface area contributed by atoms with E-state index in [1.54, 1.807) is 10.7 Å². The topological polar surface area (TPSA) is 120 Å². The summed E-state index contributed by atoms with van der Waals surface area (Å²) < 4.78 is 1.80. The molecule has 10 heteroatoms. The molecule has 1 atom stereocenters. The van der Waals surface area contributed by atoms with E-state index in [0.29, 0.717) is 24.1 Å². The van der Waals surface area contributed by atoms with Crippen molar-refractivity contribution in [2.45, 2.75) is 50.5 Å². The summed E-state index contributed by atoms with van der Waals surface area (Å²) in [4.78, 5) is 20.2. The van der Waals surface area contributed by atoms with E-state index in [4.69, 9.17) is 10.1 Å². The van der Waals surface area contributed by atoms with Gasteiger partial charge in [0.25, 0.3) is 0 Å². The van der Waals surface area contributed by atoms with Gasteiger partial charge in [0.2, 0.25) is 5.95 Å². The number of anilines is 3. The lowest BCUT2D eigenvalue weighted by Crippen LogP contribution is -2.49. The van der Waals surface area contributed by atoms with Gasteiger partial charge in [0, 0.05) is 42.3 Å². The molecule has 4 aromatic rings. The number of hydrogen-bond donors (Lipinski definition) is 3. The number of nitrogens with one attached hydrogen (secondary N) is 3. The van der Waals surface area contributed by atoms with Crippen LogP contribution in [0.2, 0.25) is 0 Å². The maximum Gasteiger partial charge on any atom is 0.246 e. The molecule has 164 valence electrons. The van der Waals surface area contributed by atoms with Gasteiger partial charge in [0.05, 0.1) is 12.0 Å². The van der Waals surface area contributed by atoms with Crippen LogP contribution in [0.15, 0.2) is 36.7 Å². The average Bonchev–Trinajstić information content (AvgIpc) is 3.22. The molecule has 3 N–H and O–H groups in total. The number of ketones is 1. The fraction of sp³-hybridized carbons (Fsp3) is 0.409. The number of Topliss-reactive ketones (excluding diaryl/α,β-unsaturated/α-hetero) is 1. The van der Waals surface area contributed by atoms with Crippen LogP contribution in [0.3, 0.4) is 0 Å². The molecule has 4 aromatic heterocycles. The lowest BCUT2D eigenvalue weighted by Gasteiger charge is -2.34. The summed E-state index contributed by atoms with van der Waals surface area (Å²) >= 11 is 0. The molecule has 0 spiro atoms. The molecule has 2 fully saturated rings. The predicted molar refractivity (Wildman–Crippen MR) is 119 cm³/mol. The van der Waals surface area contributed by atoms with E-state index >= 15 is 0 Å². The molecule has 0 radical (unpaired) electrons. The molecule has 0 aromatic carbocycles. The SMILES string of the molecule is C[C@@]1(C(=O)Cc2ccn[nH]2)CCCN1c1nc(Nc2cc(C3CC3)[nH]n2)c2cccn2n1. The first-order valence-corrected chi connectivity index (χ1v) is 11.1. The first-order valence-electron chi connectivity index (χ1n) is 11.1. The van der Waals surface area contributed by atoms with E-state index in [1.165, 1.54) is 12.8 Å². The van der Waals surface area contributed by atoms with Crippen LogP contribution in [0.5, 0.6) is 0 Å². The zero-order valence-corrected chi connectivity index (χ0v) is 17.9. The molecular formula is C22H25N9O. The largest absolute Gasteiger partial charge is 0.327 e. The Kier molecular flexibility index (Phi) is 4.27. The number of rotatable bonds is 7. The number of fused-ring (bicyclic) bond motifs is 1. The Morgan fingerprint density at radius 2 is 2.22 bits per heavy atom. The van der Waals surface area contributed by atoms with Crippen LogP contribution in [-0.4, -0.2) is 52.9 Å². The standard InChI is InChI=1S/C22H25N9O/c1-22(18(32)12-15-7-9-23-26-15)8-3-10-30(22)21-25-20(17-4-2-11-31(17)29-21)24-19-13-16(27-28-19)14-5-6-14/h2,4,7,9,11,13-14H,3,5-6,8,10,12H2,1H3,(H,23,26)(H2,24,25,27,28,29)/t22-/m0/s1. The van der Waals surface area contributed by atoms with Gasteiger partial charge in [-0.05, 0) is 50.8 Å². The zero-order chi connectivity index (χ0) is 21.7. The number of H-pyrrole nitrogens is 2. The fourth-order valence-corrected chi connectivity index (χ4v) is 4.58. The van der Waals surface area contributed by atoms with Gasteiger partial charge in [-0.2, -0.15) is 15.2 Å². The summed E-state index contributed by atoms with van der Waals surface area (Å²) in [6.07, 6.45) is 7.96. The van der Waals surface area contributed by atoms with Crippen LogP contribution in [0, 0.1) is 0 Å². The number of hydrogen-bond acceptors (Lipinski definition) is 7. The lowest BCUT2D eigenvalue weighted by molar-refractivity contribution is -0.122. The van der Waals surface area contributed by atoms with Crippen LogP contribution >= 0.6 is 0 Å². The lowest BCUT2D eigenvalue weighted by atomic mass is 9.90. The van der Waals surface area contributed by atoms with Gasteiger partial charge in [-0.25, -0.2) is 4.52 Å². The minimum absolute atomic E-state index is 0.131. The van der Waals surface area contributed by atoms with Crippen LogP contribution in [0.25, 0.3) is 5.52 Å². The number of carbonyl (C=O) groups excluding carboxylic acids is 1. The van der Waals surface area contributed by atoms with Gasteiger partial charge in [0.1, 0.15) is 5.52 Å². The van der Waals surface area contributed by atoms with E-state index in [2.05, 4.69) is 25.7 Å². The number of aromatic nitrogens is 7. The summed E-state index contributed by atoms with van der Waals surface area (Å²) in [6.45, 7) is 2.72. The van der Waals surface area contributed by atoms with Gasteiger partial charge in [-0.3, -0.25) is 15.0 Å². The fourth-order valence-electron chi connectivity index (χ4n) is 4.58. The van der Waals surface area contributed by atoms with E-state index in [9.17, 15) is 4.79 Å². The molecule has 2 aliphatic rings. The minimum Gasteiger partial charge on any atom is -0.327 e. The summed E-state index contributed by atoms with van der Waals surface area (Å²) in [5.74, 6) is 2.67. The van der Waals surface area contributed by atoms with Crippen LogP contribution in [0.1, 0.15) is 49.9 Å². The molecule has 1 aliphatic carbocycles. The van der Waals surface area contributed by atoms with Crippen molar-refractivity contribution >= 4 is 28.9 Å². The molecule has 10 nitrogen and oxygen atoms in total. The second-order valence-corrected chi connectivity index (χ2v) is 8.92. The van der Waals surface area contributed by atoms with Crippen molar-refractivity contribution in [3.63, 3.8) is 0 Å². The molecule has 1 aliphatic heterocycles. The number of aromatic amines is 2. The Morgan fingerprint density at radius 1 is 1.31 bits per heavy atom. The predicted octanol–water partition coefficient (Wildman–Crippen LogP) is 2.97. The highest BCUT2D eigenvalue weighted by atomic mass is 16.1. The molecule has 0 unspecified atom stereocenters. The van der Waals surface area contributed by atoms with E-state index < -0.39 is 5.54 Å². The van der Waals surface area contributed by atoms with Crippen molar-refractivity contribution in [1.29, 1.82) is 0 Å². The van der Waals surface area contributed by atoms with Crippen molar-refractivity contribution < 1.29 is 4.79 Å². The Balaban J connectivity index is 1.33. The molecule has 32 heavy (non-hydrogen) atoms. The first-order chi connectivity index (χ1) is 15.6. The minimum atomic E-state index is -0.672. The van der Waals surface area contributed by atoms with Crippen LogP contribution in [0.4, 0.5) is 17.6 Å². The third kappa shape index (κ3) is 3.22. The van der Waals surface area contributed by atoms with Crippen molar-refractivity contribution in [2.75, 3.05) is 16.8 Å². The highest BCUT2D eigenvalue weighted by molar-refractivity contribution is 5.93. The van der Waals surface area contributed by atoms with Crippen LogP contribution < -0.4 is 10.2 Å². The Hall–Kier alpha value is -3.69. The molecular weight excluding hydrogens is 406 g/mol. The van der Waals surface area contributed by atoms with E-state index in [1.807, 2.05) is 42.3 Å². The molecule has 0 amide bonds. The normalized spacial score (nSPS) is 20.8. The molecule has 1 saturated carbocycles. The van der Waals surface area contributed by atoms with Crippen molar-refractivity contribution in [3.05, 3.63) is 48.0 Å². The Morgan fingerprint density at radius 3 is 3.03 bits per heavy atom. The molecule has 1 saturated heterocycles. The first kappa shape index (κ1) is 19.0. The Labute approximate surface area is 184 Å². The second-order valence-electron chi connectivity index (χ2n) is 8.92. The Bertz CT molecular complexity index is 1270. The highest BCUT2D eigenvalue weighted by Gasteiger charge is 2.44.